The molecule has 1 aromatic carbocycles. The second-order valence-corrected chi connectivity index (χ2v) is 4.89. The van der Waals surface area contributed by atoms with Crippen LogP contribution in [0, 0.1) is 0 Å². The van der Waals surface area contributed by atoms with Crippen molar-refractivity contribution in [2.24, 2.45) is 4.99 Å². The first-order chi connectivity index (χ1) is 9.09. The van der Waals surface area contributed by atoms with E-state index >= 15 is 0 Å². The number of aliphatic imine (C=N–C) groups is 1. The van der Waals surface area contributed by atoms with Gasteiger partial charge in [-0.15, -0.1) is 0 Å². The Hall–Kier alpha value is -2.10. The van der Waals surface area contributed by atoms with Gasteiger partial charge in [0.05, 0.1) is 12.1 Å². The van der Waals surface area contributed by atoms with E-state index in [2.05, 4.69) is 16.0 Å². The van der Waals surface area contributed by atoms with Crippen LogP contribution in [0.1, 0.15) is 5.56 Å². The quantitative estimate of drug-likeness (QED) is 0.610. The second-order valence-electron chi connectivity index (χ2n) is 4.89. The first-order valence-electron chi connectivity index (χ1n) is 6.31. The predicted octanol–water partition coefficient (Wildman–Crippen LogP) is 2.21. The molecule has 0 aliphatic heterocycles. The normalized spacial score (nSPS) is 10.3. The van der Waals surface area contributed by atoms with Gasteiger partial charge >= 0.3 is 0 Å². The minimum atomic E-state index is 0.661. The number of benzene rings is 1. The third kappa shape index (κ3) is 3.02. The Balaban J connectivity index is 2.34. The SMILES string of the molecule is CN(C)C(=NCc1ccnc2ccccc12)N(C)C. The Labute approximate surface area is 114 Å². The molecule has 19 heavy (non-hydrogen) atoms. The van der Waals surface area contributed by atoms with Crippen molar-refractivity contribution in [3.8, 4) is 0 Å². The van der Waals surface area contributed by atoms with Crippen molar-refractivity contribution in [3.63, 3.8) is 0 Å². The van der Waals surface area contributed by atoms with Gasteiger partial charge in [-0.05, 0) is 17.7 Å². The van der Waals surface area contributed by atoms with Gasteiger partial charge in [0.15, 0.2) is 5.96 Å². The third-order valence-electron chi connectivity index (χ3n) is 2.93. The summed E-state index contributed by atoms with van der Waals surface area (Å²) < 4.78 is 0. The number of hydrogen-bond acceptors (Lipinski definition) is 2. The van der Waals surface area contributed by atoms with Gasteiger partial charge in [0, 0.05) is 39.8 Å². The van der Waals surface area contributed by atoms with Crippen molar-refractivity contribution >= 4 is 16.9 Å². The summed E-state index contributed by atoms with van der Waals surface area (Å²) in [6, 6.07) is 10.2. The maximum absolute atomic E-state index is 4.68. The molecule has 0 N–H and O–H groups in total. The van der Waals surface area contributed by atoms with E-state index in [1.165, 1.54) is 10.9 Å². The molecule has 0 amide bonds. The lowest BCUT2D eigenvalue weighted by Crippen LogP contribution is -2.35. The molecule has 0 saturated carbocycles. The number of aromatic nitrogens is 1. The monoisotopic (exact) mass is 256 g/mol. The van der Waals surface area contributed by atoms with E-state index in [-0.39, 0.29) is 0 Å². The largest absolute Gasteiger partial charge is 0.349 e. The number of rotatable bonds is 2. The second kappa shape index (κ2) is 5.69. The van der Waals surface area contributed by atoms with Gasteiger partial charge in [-0.25, -0.2) is 4.99 Å². The van der Waals surface area contributed by atoms with Gasteiger partial charge in [-0.3, -0.25) is 4.98 Å². The van der Waals surface area contributed by atoms with Crippen molar-refractivity contribution in [3.05, 3.63) is 42.1 Å². The molecule has 0 atom stereocenters. The summed E-state index contributed by atoms with van der Waals surface area (Å²) in [7, 11) is 8.01. The van der Waals surface area contributed by atoms with Crippen LogP contribution in [0.3, 0.4) is 0 Å². The highest BCUT2D eigenvalue weighted by Crippen LogP contribution is 2.17. The molecule has 0 spiro atoms. The first-order valence-corrected chi connectivity index (χ1v) is 6.31. The van der Waals surface area contributed by atoms with Crippen LogP contribution >= 0.6 is 0 Å². The van der Waals surface area contributed by atoms with Crippen molar-refractivity contribution in [1.29, 1.82) is 0 Å². The summed E-state index contributed by atoms with van der Waals surface area (Å²) in [5.74, 6) is 0.959. The van der Waals surface area contributed by atoms with Crippen molar-refractivity contribution in [1.82, 2.24) is 14.8 Å². The lowest BCUT2D eigenvalue weighted by molar-refractivity contribution is 0.479. The van der Waals surface area contributed by atoms with Crippen LogP contribution in [0.4, 0.5) is 0 Å². The topological polar surface area (TPSA) is 31.7 Å². The summed E-state index contributed by atoms with van der Waals surface area (Å²) in [6.45, 7) is 0.661. The van der Waals surface area contributed by atoms with Crippen LogP contribution in [0.25, 0.3) is 10.9 Å². The van der Waals surface area contributed by atoms with Crippen LogP contribution in [0.5, 0.6) is 0 Å². The highest BCUT2D eigenvalue weighted by Gasteiger charge is 2.05. The number of hydrogen-bond donors (Lipinski definition) is 0. The molecular formula is C15H20N4. The molecule has 2 aromatic rings. The fourth-order valence-corrected chi connectivity index (χ4v) is 2.13. The average Bonchev–Trinajstić information content (AvgIpc) is 2.38. The van der Waals surface area contributed by atoms with Crippen molar-refractivity contribution < 1.29 is 0 Å². The van der Waals surface area contributed by atoms with Crippen molar-refractivity contribution in [2.75, 3.05) is 28.2 Å². The maximum Gasteiger partial charge on any atom is 0.195 e. The molecule has 0 fully saturated rings. The lowest BCUT2D eigenvalue weighted by Gasteiger charge is -2.22. The minimum absolute atomic E-state index is 0.661. The van der Waals surface area contributed by atoms with E-state index < -0.39 is 0 Å². The molecule has 4 heteroatoms. The number of nitrogens with zero attached hydrogens (tertiary/aromatic N) is 4. The van der Waals surface area contributed by atoms with Crippen LogP contribution in [0.2, 0.25) is 0 Å². The lowest BCUT2D eigenvalue weighted by atomic mass is 10.1. The smallest absolute Gasteiger partial charge is 0.195 e. The molecule has 0 aliphatic rings. The van der Waals surface area contributed by atoms with Gasteiger partial charge in [0.1, 0.15) is 0 Å². The fourth-order valence-electron chi connectivity index (χ4n) is 2.13. The molecule has 0 saturated heterocycles. The molecule has 0 aliphatic carbocycles. The highest BCUT2D eigenvalue weighted by molar-refractivity contribution is 5.83. The van der Waals surface area contributed by atoms with Crippen LogP contribution in [-0.4, -0.2) is 48.9 Å². The minimum Gasteiger partial charge on any atom is -0.349 e. The van der Waals surface area contributed by atoms with Crippen LogP contribution in [0.15, 0.2) is 41.5 Å². The highest BCUT2D eigenvalue weighted by atomic mass is 15.3. The van der Waals surface area contributed by atoms with Crippen molar-refractivity contribution in [2.45, 2.75) is 6.54 Å². The molecule has 1 heterocycles. The summed E-state index contributed by atoms with van der Waals surface area (Å²) in [4.78, 5) is 13.1. The molecule has 0 unspecified atom stereocenters. The summed E-state index contributed by atoms with van der Waals surface area (Å²) >= 11 is 0. The molecule has 1 aromatic heterocycles. The zero-order chi connectivity index (χ0) is 13.8. The molecule has 100 valence electrons. The van der Waals surface area contributed by atoms with E-state index in [4.69, 9.17) is 0 Å². The number of fused-ring (bicyclic) bond motifs is 1. The average molecular weight is 256 g/mol. The van der Waals surface area contributed by atoms with Gasteiger partial charge in [-0.1, -0.05) is 18.2 Å². The Morgan fingerprint density at radius 1 is 1.05 bits per heavy atom. The van der Waals surface area contributed by atoms with E-state index in [9.17, 15) is 0 Å². The Bertz CT molecular complexity index is 572. The van der Waals surface area contributed by atoms with E-state index in [1.807, 2.05) is 68.5 Å². The van der Waals surface area contributed by atoms with Gasteiger partial charge in [0.25, 0.3) is 0 Å². The number of pyridine rings is 1. The zero-order valence-corrected chi connectivity index (χ0v) is 12.0. The number of para-hydroxylation sites is 1. The van der Waals surface area contributed by atoms with E-state index in [0.717, 1.165) is 11.5 Å². The van der Waals surface area contributed by atoms with Crippen LogP contribution in [-0.2, 0) is 6.54 Å². The molecule has 0 radical (unpaired) electrons. The molecule has 4 nitrogen and oxygen atoms in total. The van der Waals surface area contributed by atoms with E-state index in [0.29, 0.717) is 6.54 Å². The van der Waals surface area contributed by atoms with Crippen LogP contribution < -0.4 is 0 Å². The molecular weight excluding hydrogens is 236 g/mol. The summed E-state index contributed by atoms with van der Waals surface area (Å²) in [5, 5.41) is 1.17. The zero-order valence-electron chi connectivity index (χ0n) is 12.0. The maximum atomic E-state index is 4.68. The Kier molecular flexibility index (Phi) is 4.00. The Morgan fingerprint density at radius 3 is 2.42 bits per heavy atom. The van der Waals surface area contributed by atoms with Gasteiger partial charge < -0.3 is 9.80 Å². The third-order valence-corrected chi connectivity index (χ3v) is 2.93. The first kappa shape index (κ1) is 13.3. The fraction of sp³-hybridized carbons (Fsp3) is 0.333. The Morgan fingerprint density at radius 2 is 1.74 bits per heavy atom. The van der Waals surface area contributed by atoms with E-state index in [1.54, 1.807) is 0 Å². The standard InChI is InChI=1S/C15H20N4/c1-18(2)15(19(3)4)17-11-12-9-10-16-14-8-6-5-7-13(12)14/h5-10H,11H2,1-4H3. The predicted molar refractivity (Wildman–Crippen MR) is 80.3 cm³/mol. The molecule has 0 bridgehead atoms. The number of guanidine groups is 1. The van der Waals surface area contributed by atoms with Gasteiger partial charge in [0.2, 0.25) is 0 Å². The van der Waals surface area contributed by atoms with Gasteiger partial charge in [-0.2, -0.15) is 0 Å². The summed E-state index contributed by atoms with van der Waals surface area (Å²) in [6.07, 6.45) is 1.85. The summed E-state index contributed by atoms with van der Waals surface area (Å²) in [5.41, 5.74) is 2.22. The molecule has 2 rings (SSSR count).